The Balaban J connectivity index is 2.34. The third-order valence-electron chi connectivity index (χ3n) is 2.90. The quantitative estimate of drug-likeness (QED) is 0.580. The summed E-state index contributed by atoms with van der Waals surface area (Å²) >= 11 is 1.58. The zero-order chi connectivity index (χ0) is 15.2. The van der Waals surface area contributed by atoms with Gasteiger partial charge in [0.25, 0.3) is 0 Å². The van der Waals surface area contributed by atoms with Crippen molar-refractivity contribution in [2.24, 2.45) is 5.92 Å². The molecule has 1 aromatic carbocycles. The van der Waals surface area contributed by atoms with Crippen molar-refractivity contribution >= 4 is 11.8 Å². The number of benzene rings is 1. The minimum atomic E-state index is -0.275. The molecule has 0 radical (unpaired) electrons. The fraction of sp³-hybridized carbons (Fsp3) is 0.467. The van der Waals surface area contributed by atoms with E-state index in [9.17, 15) is 4.39 Å². The number of hydrogen-bond acceptors (Lipinski definition) is 4. The van der Waals surface area contributed by atoms with Gasteiger partial charge in [-0.05, 0) is 18.1 Å². The van der Waals surface area contributed by atoms with Crippen LogP contribution in [0.15, 0.2) is 29.4 Å². The number of nitrogens with zero attached hydrogens (tertiary/aromatic N) is 3. The molecule has 114 valence electrons. The molecule has 21 heavy (non-hydrogen) atoms. The molecule has 0 amide bonds. The lowest BCUT2D eigenvalue weighted by Gasteiger charge is -2.12. The molecule has 0 bridgehead atoms. The Morgan fingerprint density at radius 2 is 2.05 bits per heavy atom. The number of thioether (sulfide) groups is 1. The zero-order valence-electron chi connectivity index (χ0n) is 12.5. The molecule has 6 heteroatoms. The van der Waals surface area contributed by atoms with Gasteiger partial charge in [-0.2, -0.15) is 0 Å². The molecule has 0 fully saturated rings. The second-order valence-electron chi connectivity index (χ2n) is 5.13. The third kappa shape index (κ3) is 4.04. The Morgan fingerprint density at radius 1 is 1.29 bits per heavy atom. The number of rotatable bonds is 7. The number of methoxy groups -OCH3 is 1. The molecule has 2 aromatic rings. The van der Waals surface area contributed by atoms with Crippen molar-refractivity contribution in [3.8, 4) is 11.4 Å². The summed E-state index contributed by atoms with van der Waals surface area (Å²) < 4.78 is 21.0. The highest BCUT2D eigenvalue weighted by Crippen LogP contribution is 2.26. The van der Waals surface area contributed by atoms with Crippen molar-refractivity contribution in [2.75, 3.05) is 19.5 Å². The smallest absolute Gasteiger partial charge is 0.191 e. The molecule has 0 saturated carbocycles. The monoisotopic (exact) mass is 309 g/mol. The van der Waals surface area contributed by atoms with Gasteiger partial charge in [0.2, 0.25) is 0 Å². The van der Waals surface area contributed by atoms with E-state index < -0.39 is 0 Å². The molecular formula is C15H20FN3OS. The molecular weight excluding hydrogens is 289 g/mol. The summed E-state index contributed by atoms with van der Waals surface area (Å²) in [6, 6.07) is 6.67. The fourth-order valence-corrected chi connectivity index (χ4v) is 2.83. The number of halogens is 1. The molecule has 0 atom stereocenters. The molecule has 0 aliphatic rings. The van der Waals surface area contributed by atoms with Crippen LogP contribution < -0.4 is 0 Å². The molecule has 0 unspecified atom stereocenters. The maximum atomic E-state index is 14.0. The summed E-state index contributed by atoms with van der Waals surface area (Å²) in [5, 5.41) is 9.21. The summed E-state index contributed by atoms with van der Waals surface area (Å²) in [7, 11) is 1.67. The molecule has 0 spiro atoms. The van der Waals surface area contributed by atoms with Crippen molar-refractivity contribution in [3.05, 3.63) is 30.1 Å². The standard InChI is InChI=1S/C15H20FN3OS/c1-11(2)10-19-14(12-6-4-5-7-13(12)16)17-18-15(19)21-9-8-20-3/h4-7,11H,8-10H2,1-3H3. The highest BCUT2D eigenvalue weighted by atomic mass is 32.2. The first-order valence-electron chi connectivity index (χ1n) is 6.93. The van der Waals surface area contributed by atoms with E-state index in [0.717, 1.165) is 17.5 Å². The summed E-state index contributed by atoms with van der Waals surface area (Å²) in [6.45, 7) is 5.64. The first-order valence-corrected chi connectivity index (χ1v) is 7.92. The van der Waals surface area contributed by atoms with E-state index in [1.807, 2.05) is 10.6 Å². The average Bonchev–Trinajstić information content (AvgIpc) is 2.82. The first-order chi connectivity index (χ1) is 10.1. The van der Waals surface area contributed by atoms with Crippen molar-refractivity contribution in [3.63, 3.8) is 0 Å². The van der Waals surface area contributed by atoms with Crippen LogP contribution in [0, 0.1) is 11.7 Å². The van der Waals surface area contributed by atoms with Crippen molar-refractivity contribution in [1.82, 2.24) is 14.8 Å². The van der Waals surface area contributed by atoms with Gasteiger partial charge in [-0.1, -0.05) is 37.7 Å². The lowest BCUT2D eigenvalue weighted by atomic mass is 10.2. The molecule has 0 N–H and O–H groups in total. The summed E-state index contributed by atoms with van der Waals surface area (Å²) in [5.74, 6) is 1.53. The van der Waals surface area contributed by atoms with Crippen LogP contribution in [0.5, 0.6) is 0 Å². The van der Waals surface area contributed by atoms with Gasteiger partial charge in [-0.15, -0.1) is 10.2 Å². The van der Waals surface area contributed by atoms with Crippen LogP contribution in [0.4, 0.5) is 4.39 Å². The van der Waals surface area contributed by atoms with E-state index in [0.29, 0.717) is 23.9 Å². The molecule has 1 heterocycles. The van der Waals surface area contributed by atoms with Crippen molar-refractivity contribution < 1.29 is 9.13 Å². The van der Waals surface area contributed by atoms with Crippen molar-refractivity contribution in [2.45, 2.75) is 25.5 Å². The third-order valence-corrected chi connectivity index (χ3v) is 3.83. The maximum absolute atomic E-state index is 14.0. The predicted octanol–water partition coefficient (Wildman–Crippen LogP) is 3.48. The zero-order valence-corrected chi connectivity index (χ0v) is 13.4. The van der Waals surface area contributed by atoms with Gasteiger partial charge in [0.15, 0.2) is 11.0 Å². The van der Waals surface area contributed by atoms with Gasteiger partial charge in [-0.25, -0.2) is 4.39 Å². The summed E-state index contributed by atoms with van der Waals surface area (Å²) in [4.78, 5) is 0. The Kier molecular flexibility index (Phi) is 5.76. The molecule has 4 nitrogen and oxygen atoms in total. The summed E-state index contributed by atoms with van der Waals surface area (Å²) in [6.07, 6.45) is 0. The van der Waals surface area contributed by atoms with E-state index in [1.54, 1.807) is 31.0 Å². The predicted molar refractivity (Wildman–Crippen MR) is 82.9 cm³/mol. The second-order valence-corrected chi connectivity index (χ2v) is 6.19. The lowest BCUT2D eigenvalue weighted by Crippen LogP contribution is -2.09. The molecule has 0 aliphatic heterocycles. The van der Waals surface area contributed by atoms with Gasteiger partial charge < -0.3 is 9.30 Å². The average molecular weight is 309 g/mol. The van der Waals surface area contributed by atoms with Crippen LogP contribution in [0.3, 0.4) is 0 Å². The van der Waals surface area contributed by atoms with Crippen LogP contribution >= 0.6 is 11.8 Å². The van der Waals surface area contributed by atoms with Crippen LogP contribution in [-0.2, 0) is 11.3 Å². The Morgan fingerprint density at radius 3 is 2.71 bits per heavy atom. The Hall–Kier alpha value is -1.40. The SMILES string of the molecule is COCCSc1nnc(-c2ccccc2F)n1CC(C)C. The molecule has 0 aliphatic carbocycles. The minimum Gasteiger partial charge on any atom is -0.384 e. The minimum absolute atomic E-state index is 0.275. The molecule has 2 rings (SSSR count). The first kappa shape index (κ1) is 16.0. The van der Waals surface area contributed by atoms with E-state index in [-0.39, 0.29) is 5.82 Å². The van der Waals surface area contributed by atoms with Gasteiger partial charge in [0.1, 0.15) is 5.82 Å². The highest BCUT2D eigenvalue weighted by molar-refractivity contribution is 7.99. The van der Waals surface area contributed by atoms with Crippen LogP contribution in [-0.4, -0.2) is 34.2 Å². The normalized spacial score (nSPS) is 11.3. The van der Waals surface area contributed by atoms with E-state index >= 15 is 0 Å². The van der Waals surface area contributed by atoms with E-state index in [1.165, 1.54) is 6.07 Å². The highest BCUT2D eigenvalue weighted by Gasteiger charge is 2.17. The van der Waals surface area contributed by atoms with E-state index in [4.69, 9.17) is 4.74 Å². The lowest BCUT2D eigenvalue weighted by molar-refractivity contribution is 0.218. The number of hydrogen-bond donors (Lipinski definition) is 0. The van der Waals surface area contributed by atoms with Crippen molar-refractivity contribution in [1.29, 1.82) is 0 Å². The van der Waals surface area contributed by atoms with Gasteiger partial charge >= 0.3 is 0 Å². The van der Waals surface area contributed by atoms with Crippen LogP contribution in [0.25, 0.3) is 11.4 Å². The number of ether oxygens (including phenoxy) is 1. The number of aromatic nitrogens is 3. The van der Waals surface area contributed by atoms with Gasteiger partial charge in [0, 0.05) is 19.4 Å². The van der Waals surface area contributed by atoms with Gasteiger partial charge in [-0.3, -0.25) is 0 Å². The fourth-order valence-electron chi connectivity index (χ4n) is 1.98. The maximum Gasteiger partial charge on any atom is 0.191 e. The molecule has 1 aromatic heterocycles. The molecule has 0 saturated heterocycles. The largest absolute Gasteiger partial charge is 0.384 e. The Bertz CT molecular complexity index is 586. The topological polar surface area (TPSA) is 39.9 Å². The van der Waals surface area contributed by atoms with E-state index in [2.05, 4.69) is 24.0 Å². The Labute approximate surface area is 128 Å². The summed E-state index contributed by atoms with van der Waals surface area (Å²) in [5.41, 5.74) is 0.490. The van der Waals surface area contributed by atoms with Crippen LogP contribution in [0.1, 0.15) is 13.8 Å². The van der Waals surface area contributed by atoms with Gasteiger partial charge in [0.05, 0.1) is 12.2 Å². The van der Waals surface area contributed by atoms with Crippen LogP contribution in [0.2, 0.25) is 0 Å². The second kappa shape index (κ2) is 7.56.